The quantitative estimate of drug-likeness (QED) is 0.405. The van der Waals surface area contributed by atoms with Crippen molar-refractivity contribution in [3.8, 4) is 0 Å². The van der Waals surface area contributed by atoms with Crippen molar-refractivity contribution in [2.24, 2.45) is 4.99 Å². The zero-order valence-electron chi connectivity index (χ0n) is 12.9. The van der Waals surface area contributed by atoms with Crippen LogP contribution in [0.3, 0.4) is 0 Å². The Morgan fingerprint density at radius 2 is 1.87 bits per heavy atom. The molecule has 4 nitrogen and oxygen atoms in total. The first kappa shape index (κ1) is 20.0. The lowest BCUT2D eigenvalue weighted by atomic mass is 10.2. The zero-order chi connectivity index (χ0) is 15.9. The van der Waals surface area contributed by atoms with Gasteiger partial charge >= 0.3 is 0 Å². The average molecular weight is 465 g/mol. The van der Waals surface area contributed by atoms with Gasteiger partial charge in [-0.1, -0.05) is 35.3 Å². The molecule has 0 radical (unpaired) electrons. The van der Waals surface area contributed by atoms with Crippen LogP contribution in [0, 0.1) is 6.92 Å². The van der Waals surface area contributed by atoms with Gasteiger partial charge in [-0.2, -0.15) is 0 Å². The van der Waals surface area contributed by atoms with Crippen LogP contribution >= 0.6 is 47.2 Å². The number of aromatic nitrogens is 1. The molecule has 7 heteroatoms. The van der Waals surface area contributed by atoms with E-state index in [1.807, 2.05) is 37.4 Å². The van der Waals surface area contributed by atoms with E-state index in [-0.39, 0.29) is 24.0 Å². The normalized spacial score (nSPS) is 10.9. The smallest absolute Gasteiger partial charge is 0.191 e. The third kappa shape index (κ3) is 6.53. The van der Waals surface area contributed by atoms with E-state index in [1.165, 1.54) is 0 Å². The van der Waals surface area contributed by atoms with Crippen molar-refractivity contribution in [3.63, 3.8) is 0 Å². The second-order valence-corrected chi connectivity index (χ2v) is 5.67. The number of hydrogen-bond donors (Lipinski definition) is 2. The molecule has 0 atom stereocenters. The molecule has 2 aromatic rings. The van der Waals surface area contributed by atoms with Gasteiger partial charge in [-0.05, 0) is 36.2 Å². The number of hydrogen-bond acceptors (Lipinski definition) is 2. The van der Waals surface area contributed by atoms with Crippen LogP contribution in [0.25, 0.3) is 0 Å². The number of guanidine groups is 1. The van der Waals surface area contributed by atoms with E-state index in [0.717, 1.165) is 16.8 Å². The molecular formula is C16H19Cl2IN4. The number of aliphatic imine (C=N–C) groups is 1. The topological polar surface area (TPSA) is 49.3 Å². The van der Waals surface area contributed by atoms with Crippen LogP contribution < -0.4 is 10.6 Å². The number of nitrogens with zero attached hydrogens (tertiary/aromatic N) is 2. The minimum atomic E-state index is 0. The fraction of sp³-hybridized carbons (Fsp3) is 0.250. The van der Waals surface area contributed by atoms with Crippen LogP contribution in [0.15, 0.2) is 41.5 Å². The summed E-state index contributed by atoms with van der Waals surface area (Å²) in [6.45, 7) is 3.19. The zero-order valence-corrected chi connectivity index (χ0v) is 16.8. The van der Waals surface area contributed by atoms with Crippen molar-refractivity contribution < 1.29 is 0 Å². The standard InChI is InChI=1S/C16H18Cl2N4.HI/c1-11-3-4-12(8-20-11)9-21-16(19-2)22-10-13-5-6-14(17)7-15(13)18;/h3-8H,9-10H2,1-2H3,(H2,19,21,22);1H. The van der Waals surface area contributed by atoms with Gasteiger partial charge in [-0.25, -0.2) is 0 Å². The lowest BCUT2D eigenvalue weighted by Gasteiger charge is -2.13. The first-order chi connectivity index (χ1) is 10.6. The van der Waals surface area contributed by atoms with Gasteiger partial charge in [0.25, 0.3) is 0 Å². The van der Waals surface area contributed by atoms with E-state index in [9.17, 15) is 0 Å². The highest BCUT2D eigenvalue weighted by Crippen LogP contribution is 2.20. The Bertz CT molecular complexity index is 660. The van der Waals surface area contributed by atoms with Gasteiger partial charge in [-0.15, -0.1) is 24.0 Å². The maximum atomic E-state index is 6.15. The fourth-order valence-corrected chi connectivity index (χ4v) is 2.33. The van der Waals surface area contributed by atoms with Gasteiger partial charge in [0.2, 0.25) is 0 Å². The molecule has 1 heterocycles. The molecule has 0 bridgehead atoms. The Hall–Kier alpha value is -1.05. The Labute approximate surface area is 163 Å². The van der Waals surface area contributed by atoms with Crippen LogP contribution in [0.5, 0.6) is 0 Å². The molecule has 0 aliphatic rings. The summed E-state index contributed by atoms with van der Waals surface area (Å²) in [6, 6.07) is 9.47. The van der Waals surface area contributed by atoms with Crippen molar-refractivity contribution in [1.82, 2.24) is 15.6 Å². The number of aryl methyl sites for hydroxylation is 1. The van der Waals surface area contributed by atoms with E-state index < -0.39 is 0 Å². The molecule has 0 unspecified atom stereocenters. The average Bonchev–Trinajstić information content (AvgIpc) is 2.51. The van der Waals surface area contributed by atoms with Gasteiger partial charge in [0.05, 0.1) is 0 Å². The second kappa shape index (κ2) is 9.95. The number of halogens is 3. The Morgan fingerprint density at radius 1 is 1.13 bits per heavy atom. The third-order valence-electron chi connectivity index (χ3n) is 3.12. The molecule has 0 fully saturated rings. The highest BCUT2D eigenvalue weighted by atomic mass is 127. The number of benzene rings is 1. The summed E-state index contributed by atoms with van der Waals surface area (Å²) in [5, 5.41) is 7.72. The molecule has 0 amide bonds. The largest absolute Gasteiger partial charge is 0.352 e. The predicted octanol–water partition coefficient (Wildman–Crippen LogP) is 4.18. The van der Waals surface area contributed by atoms with Crippen molar-refractivity contribution >= 4 is 53.1 Å². The third-order valence-corrected chi connectivity index (χ3v) is 3.70. The minimum Gasteiger partial charge on any atom is -0.352 e. The summed E-state index contributed by atoms with van der Waals surface area (Å²) in [5.41, 5.74) is 3.06. The van der Waals surface area contributed by atoms with Crippen molar-refractivity contribution in [2.75, 3.05) is 7.05 Å². The lowest BCUT2D eigenvalue weighted by molar-refractivity contribution is 0.806. The summed E-state index contributed by atoms with van der Waals surface area (Å²) in [5.74, 6) is 0.701. The number of nitrogens with one attached hydrogen (secondary N) is 2. The van der Waals surface area contributed by atoms with Crippen LogP contribution in [-0.4, -0.2) is 18.0 Å². The first-order valence-electron chi connectivity index (χ1n) is 6.88. The van der Waals surface area contributed by atoms with E-state index >= 15 is 0 Å². The molecule has 0 aliphatic carbocycles. The van der Waals surface area contributed by atoms with E-state index in [2.05, 4.69) is 20.6 Å². The van der Waals surface area contributed by atoms with E-state index in [4.69, 9.17) is 23.2 Å². The Morgan fingerprint density at radius 3 is 2.48 bits per heavy atom. The summed E-state index contributed by atoms with van der Waals surface area (Å²) in [4.78, 5) is 8.45. The molecule has 2 rings (SSSR count). The highest BCUT2D eigenvalue weighted by Gasteiger charge is 2.03. The van der Waals surface area contributed by atoms with Gasteiger partial charge in [-0.3, -0.25) is 9.98 Å². The maximum absolute atomic E-state index is 6.15. The summed E-state index contributed by atoms with van der Waals surface area (Å²) < 4.78 is 0. The molecule has 0 aliphatic heterocycles. The molecular weight excluding hydrogens is 446 g/mol. The molecule has 0 saturated heterocycles. The molecule has 0 saturated carbocycles. The Kier molecular flexibility index (Phi) is 8.65. The monoisotopic (exact) mass is 464 g/mol. The Balaban J connectivity index is 0.00000264. The number of rotatable bonds is 4. The summed E-state index contributed by atoms with van der Waals surface area (Å²) >= 11 is 12.0. The van der Waals surface area contributed by atoms with Crippen LogP contribution in [0.1, 0.15) is 16.8 Å². The van der Waals surface area contributed by atoms with Gasteiger partial charge in [0.15, 0.2) is 5.96 Å². The molecule has 23 heavy (non-hydrogen) atoms. The summed E-state index contributed by atoms with van der Waals surface area (Å²) in [7, 11) is 1.73. The number of pyridine rings is 1. The van der Waals surface area contributed by atoms with Gasteiger partial charge in [0.1, 0.15) is 0 Å². The molecule has 1 aromatic carbocycles. The van der Waals surface area contributed by atoms with Crippen molar-refractivity contribution in [1.29, 1.82) is 0 Å². The predicted molar refractivity (Wildman–Crippen MR) is 108 cm³/mol. The van der Waals surface area contributed by atoms with Crippen molar-refractivity contribution in [2.45, 2.75) is 20.0 Å². The van der Waals surface area contributed by atoms with Crippen LogP contribution in [0.2, 0.25) is 10.0 Å². The van der Waals surface area contributed by atoms with Gasteiger partial charge in [0, 0.05) is 42.1 Å². The minimum absolute atomic E-state index is 0. The SMILES string of the molecule is CN=C(NCc1ccc(C)nc1)NCc1ccc(Cl)cc1Cl.I. The van der Waals surface area contributed by atoms with Crippen LogP contribution in [0.4, 0.5) is 0 Å². The lowest BCUT2D eigenvalue weighted by Crippen LogP contribution is -2.36. The highest BCUT2D eigenvalue weighted by molar-refractivity contribution is 14.0. The van der Waals surface area contributed by atoms with E-state index in [0.29, 0.717) is 29.1 Å². The van der Waals surface area contributed by atoms with E-state index in [1.54, 1.807) is 13.1 Å². The van der Waals surface area contributed by atoms with Crippen LogP contribution in [-0.2, 0) is 13.1 Å². The fourth-order valence-electron chi connectivity index (χ4n) is 1.85. The molecule has 124 valence electrons. The first-order valence-corrected chi connectivity index (χ1v) is 7.64. The molecule has 0 spiro atoms. The molecule has 1 aromatic heterocycles. The molecule has 2 N–H and O–H groups in total. The maximum Gasteiger partial charge on any atom is 0.191 e. The van der Waals surface area contributed by atoms with Crippen molar-refractivity contribution in [3.05, 3.63) is 63.4 Å². The van der Waals surface area contributed by atoms with Gasteiger partial charge < -0.3 is 10.6 Å². The second-order valence-electron chi connectivity index (χ2n) is 4.82. The summed E-state index contributed by atoms with van der Waals surface area (Å²) in [6.07, 6.45) is 1.85.